The molecule has 0 aliphatic carbocycles. The fourth-order valence-electron chi connectivity index (χ4n) is 1.22. The van der Waals surface area contributed by atoms with Crippen molar-refractivity contribution in [2.24, 2.45) is 5.14 Å². The Hall–Kier alpha value is -1.34. The predicted molar refractivity (Wildman–Crippen MR) is 46.5 cm³/mol. The Morgan fingerprint density at radius 2 is 1.93 bits per heavy atom. The second-order valence-corrected chi connectivity index (χ2v) is 4.26. The highest BCUT2D eigenvalue weighted by Crippen LogP contribution is 2.24. The van der Waals surface area contributed by atoms with Crippen LogP contribution in [-0.2, 0) is 10.0 Å². The molecule has 1 aromatic heterocycles. The van der Waals surface area contributed by atoms with Gasteiger partial charge >= 0.3 is 5.97 Å². The van der Waals surface area contributed by atoms with Gasteiger partial charge in [0, 0.05) is 5.56 Å². The quantitative estimate of drug-likeness (QED) is 0.740. The minimum absolute atomic E-state index is 0.0255. The van der Waals surface area contributed by atoms with Crippen LogP contribution in [0, 0.1) is 13.8 Å². The fourth-order valence-corrected chi connectivity index (χ4v) is 1.99. The van der Waals surface area contributed by atoms with E-state index >= 15 is 0 Å². The number of nitrogens with two attached hydrogens (primary N) is 1. The van der Waals surface area contributed by atoms with Gasteiger partial charge in [-0.2, -0.15) is 0 Å². The summed E-state index contributed by atoms with van der Waals surface area (Å²) in [6.45, 7) is 2.70. The van der Waals surface area contributed by atoms with Gasteiger partial charge in [-0.3, -0.25) is 0 Å². The van der Waals surface area contributed by atoms with E-state index in [1.807, 2.05) is 0 Å². The molecule has 0 spiro atoms. The van der Waals surface area contributed by atoms with Gasteiger partial charge in [0.2, 0.25) is 5.09 Å². The Morgan fingerprint density at radius 1 is 1.43 bits per heavy atom. The van der Waals surface area contributed by atoms with Crippen LogP contribution < -0.4 is 5.14 Å². The number of aromatic carboxylic acids is 1. The van der Waals surface area contributed by atoms with E-state index < -0.39 is 21.1 Å². The van der Waals surface area contributed by atoms with Gasteiger partial charge in [-0.05, 0) is 13.8 Å². The molecule has 0 radical (unpaired) electrons. The third-order valence-corrected chi connectivity index (χ3v) is 2.66. The van der Waals surface area contributed by atoms with Gasteiger partial charge in [0.25, 0.3) is 10.0 Å². The van der Waals surface area contributed by atoms with E-state index in [1.54, 1.807) is 0 Å². The lowest BCUT2D eigenvalue weighted by Gasteiger charge is -1.93. The SMILES string of the molecule is Cc1oc(S(N)(=O)=O)c(C)c1C(=O)O. The number of carboxylic acid groups (broad SMARTS) is 1. The van der Waals surface area contributed by atoms with Crippen LogP contribution in [0.3, 0.4) is 0 Å². The van der Waals surface area contributed by atoms with Gasteiger partial charge in [0.15, 0.2) is 0 Å². The van der Waals surface area contributed by atoms with Crippen LogP contribution in [0.1, 0.15) is 21.7 Å². The molecule has 0 unspecified atom stereocenters. The molecule has 0 aromatic carbocycles. The maximum atomic E-state index is 10.9. The summed E-state index contributed by atoms with van der Waals surface area (Å²) in [6.07, 6.45) is 0. The van der Waals surface area contributed by atoms with Gasteiger partial charge in [0.05, 0.1) is 0 Å². The van der Waals surface area contributed by atoms with Crippen LogP contribution in [0.5, 0.6) is 0 Å². The van der Waals surface area contributed by atoms with Gasteiger partial charge < -0.3 is 9.52 Å². The lowest BCUT2D eigenvalue weighted by molar-refractivity contribution is 0.0694. The molecule has 3 N–H and O–H groups in total. The first-order valence-corrected chi connectivity index (χ1v) is 5.16. The molecule has 0 aliphatic heterocycles. The van der Waals surface area contributed by atoms with Crippen molar-refractivity contribution in [3.63, 3.8) is 0 Å². The second-order valence-electron chi connectivity index (χ2n) is 2.80. The standard InChI is InChI=1S/C7H9NO5S/c1-3-5(6(9)10)4(2)13-7(3)14(8,11)12/h1-2H3,(H,9,10)(H2,8,11,12). The first kappa shape index (κ1) is 10.7. The predicted octanol–water partition coefficient (Wildman–Crippen LogP) is 0.242. The number of carboxylic acids is 1. The molecule has 7 heteroatoms. The molecule has 78 valence electrons. The number of rotatable bonds is 2. The molecule has 6 nitrogen and oxygen atoms in total. The largest absolute Gasteiger partial charge is 0.478 e. The van der Waals surface area contributed by atoms with Gasteiger partial charge in [0.1, 0.15) is 11.3 Å². The number of sulfonamides is 1. The monoisotopic (exact) mass is 219 g/mol. The maximum absolute atomic E-state index is 10.9. The van der Waals surface area contributed by atoms with Crippen molar-refractivity contribution in [3.05, 3.63) is 16.9 Å². The van der Waals surface area contributed by atoms with E-state index in [9.17, 15) is 13.2 Å². The molecule has 0 fully saturated rings. The molecular formula is C7H9NO5S. The zero-order valence-electron chi connectivity index (χ0n) is 7.57. The third kappa shape index (κ3) is 1.64. The first-order chi connectivity index (χ1) is 6.25. The summed E-state index contributed by atoms with van der Waals surface area (Å²) < 4.78 is 26.6. The summed E-state index contributed by atoms with van der Waals surface area (Å²) in [5.41, 5.74) is -0.133. The number of hydrogen-bond acceptors (Lipinski definition) is 4. The normalized spacial score (nSPS) is 11.6. The Morgan fingerprint density at radius 3 is 2.14 bits per heavy atom. The van der Waals surface area contributed by atoms with Gasteiger partial charge in [-0.15, -0.1) is 0 Å². The van der Waals surface area contributed by atoms with E-state index in [0.29, 0.717) is 0 Å². The average molecular weight is 219 g/mol. The number of aryl methyl sites for hydroxylation is 1. The highest BCUT2D eigenvalue weighted by Gasteiger charge is 2.25. The highest BCUT2D eigenvalue weighted by molar-refractivity contribution is 7.89. The average Bonchev–Trinajstić information content (AvgIpc) is 2.24. The van der Waals surface area contributed by atoms with Gasteiger partial charge in [-0.1, -0.05) is 0 Å². The number of primary sulfonamides is 1. The molecule has 0 saturated carbocycles. The first-order valence-electron chi connectivity index (χ1n) is 3.61. The van der Waals surface area contributed by atoms with E-state index in [2.05, 4.69) is 0 Å². The molecule has 0 amide bonds. The summed E-state index contributed by atoms with van der Waals surface area (Å²) in [6, 6.07) is 0. The molecule has 1 aromatic rings. The Bertz CT molecular complexity index is 484. The topological polar surface area (TPSA) is 111 Å². The van der Waals surface area contributed by atoms with Crippen molar-refractivity contribution in [1.29, 1.82) is 0 Å². The van der Waals surface area contributed by atoms with Crippen LogP contribution in [0.2, 0.25) is 0 Å². The molecule has 1 rings (SSSR count). The Kier molecular flexibility index (Phi) is 2.38. The van der Waals surface area contributed by atoms with Crippen LogP contribution in [0.4, 0.5) is 0 Å². The maximum Gasteiger partial charge on any atom is 0.339 e. The molecule has 0 aliphatic rings. The van der Waals surface area contributed by atoms with Crippen LogP contribution in [0.25, 0.3) is 0 Å². The van der Waals surface area contributed by atoms with Crippen molar-refractivity contribution in [2.75, 3.05) is 0 Å². The lowest BCUT2D eigenvalue weighted by atomic mass is 10.2. The molecule has 0 bridgehead atoms. The third-order valence-electron chi connectivity index (χ3n) is 1.75. The molecule has 0 saturated heterocycles. The smallest absolute Gasteiger partial charge is 0.339 e. The molecule has 0 atom stereocenters. The summed E-state index contributed by atoms with van der Waals surface area (Å²) in [5.74, 6) is -1.21. The zero-order chi connectivity index (χ0) is 11.1. The summed E-state index contributed by atoms with van der Waals surface area (Å²) >= 11 is 0. The van der Waals surface area contributed by atoms with Crippen molar-refractivity contribution < 1.29 is 22.7 Å². The Balaban J connectivity index is 3.55. The van der Waals surface area contributed by atoms with Crippen molar-refractivity contribution in [3.8, 4) is 0 Å². The van der Waals surface area contributed by atoms with Gasteiger partial charge in [-0.25, -0.2) is 18.4 Å². The van der Waals surface area contributed by atoms with E-state index in [1.165, 1.54) is 13.8 Å². The summed E-state index contributed by atoms with van der Waals surface area (Å²) in [7, 11) is -4.00. The molecule has 14 heavy (non-hydrogen) atoms. The fraction of sp³-hybridized carbons (Fsp3) is 0.286. The Labute approximate surface area is 80.4 Å². The minimum Gasteiger partial charge on any atom is -0.478 e. The van der Waals surface area contributed by atoms with E-state index in [0.717, 1.165) is 0 Å². The summed E-state index contributed by atoms with van der Waals surface area (Å²) in [5, 5.41) is 13.1. The van der Waals surface area contributed by atoms with Crippen LogP contribution in [-0.4, -0.2) is 19.5 Å². The zero-order valence-corrected chi connectivity index (χ0v) is 8.38. The van der Waals surface area contributed by atoms with Crippen molar-refractivity contribution >= 4 is 16.0 Å². The van der Waals surface area contributed by atoms with Crippen LogP contribution in [0.15, 0.2) is 9.51 Å². The number of carbonyl (C=O) groups is 1. The minimum atomic E-state index is -4.00. The number of furan rings is 1. The molecule has 1 heterocycles. The second kappa shape index (κ2) is 3.10. The highest BCUT2D eigenvalue weighted by atomic mass is 32.2. The lowest BCUT2D eigenvalue weighted by Crippen LogP contribution is -2.12. The number of hydrogen-bond donors (Lipinski definition) is 2. The van der Waals surface area contributed by atoms with E-state index in [-0.39, 0.29) is 16.9 Å². The van der Waals surface area contributed by atoms with Crippen molar-refractivity contribution in [1.82, 2.24) is 0 Å². The van der Waals surface area contributed by atoms with Crippen LogP contribution >= 0.6 is 0 Å². The van der Waals surface area contributed by atoms with E-state index in [4.69, 9.17) is 14.7 Å². The molecular weight excluding hydrogens is 210 g/mol. The summed E-state index contributed by atoms with van der Waals surface area (Å²) in [4.78, 5) is 10.7. The van der Waals surface area contributed by atoms with Crippen molar-refractivity contribution in [2.45, 2.75) is 18.9 Å².